The first kappa shape index (κ1) is 21.4. The third-order valence-corrected chi connectivity index (χ3v) is 4.60. The molecule has 0 radical (unpaired) electrons. The monoisotopic (exact) mass is 429 g/mol. The van der Waals surface area contributed by atoms with Gasteiger partial charge < -0.3 is 10.6 Å². The molecular weight excluding hydrogens is 413 g/mol. The highest BCUT2D eigenvalue weighted by Gasteiger charge is 2.39. The summed E-state index contributed by atoms with van der Waals surface area (Å²) >= 11 is 0. The van der Waals surface area contributed by atoms with Crippen LogP contribution in [0.25, 0.3) is 0 Å². The Bertz CT molecular complexity index is 993. The fraction of sp³-hybridized carbons (Fsp3) is 0.294. The van der Waals surface area contributed by atoms with Gasteiger partial charge in [-0.05, 0) is 13.0 Å². The summed E-state index contributed by atoms with van der Waals surface area (Å²) in [5, 5.41) is 1.03. The van der Waals surface area contributed by atoms with Gasteiger partial charge in [-0.2, -0.15) is 13.2 Å². The second kappa shape index (κ2) is 7.82. The standard InChI is InChI=1S/C17H16F5N7O/c1-8-13(23)11(29(24)16-26-6-9(18)7-27-16)3-5-28(8)15(30)10-2-4-25-14(12(10)19)17(20,21)22/h2,4,6-8H,3,5,23-24H2,1H3. The molecule has 1 atom stereocenters. The van der Waals surface area contributed by atoms with Crippen molar-refractivity contribution in [2.45, 2.75) is 25.6 Å². The molecule has 0 bridgehead atoms. The second-order valence-electron chi connectivity index (χ2n) is 6.42. The van der Waals surface area contributed by atoms with E-state index in [1.54, 1.807) is 0 Å². The molecule has 13 heteroatoms. The summed E-state index contributed by atoms with van der Waals surface area (Å²) in [7, 11) is 0. The normalized spacial score (nSPS) is 17.3. The SMILES string of the molecule is CC1C(N)=C(N(N)c2ncc(F)cn2)CCN1C(=O)c1ccnc(C(F)(F)F)c1F. The van der Waals surface area contributed by atoms with Crippen LogP contribution < -0.4 is 16.6 Å². The summed E-state index contributed by atoms with van der Waals surface area (Å²) in [6.07, 6.45) is -2.43. The zero-order valence-electron chi connectivity index (χ0n) is 15.5. The molecule has 30 heavy (non-hydrogen) atoms. The minimum atomic E-state index is -5.05. The van der Waals surface area contributed by atoms with E-state index in [1.807, 2.05) is 0 Å². The number of rotatable bonds is 3. The lowest BCUT2D eigenvalue weighted by Gasteiger charge is -2.37. The average Bonchev–Trinajstić information content (AvgIpc) is 2.69. The number of halogens is 5. The Morgan fingerprint density at radius 3 is 2.47 bits per heavy atom. The quantitative estimate of drug-likeness (QED) is 0.436. The van der Waals surface area contributed by atoms with Crippen LogP contribution in [0.1, 0.15) is 29.4 Å². The fourth-order valence-corrected chi connectivity index (χ4v) is 3.02. The van der Waals surface area contributed by atoms with Gasteiger partial charge in [-0.25, -0.2) is 34.6 Å². The zero-order chi connectivity index (χ0) is 22.2. The molecule has 0 saturated carbocycles. The Morgan fingerprint density at radius 2 is 1.87 bits per heavy atom. The number of carbonyl (C=O) groups is 1. The van der Waals surface area contributed by atoms with Crippen LogP contribution in [0, 0.1) is 11.6 Å². The largest absolute Gasteiger partial charge is 0.436 e. The number of nitrogens with two attached hydrogens (primary N) is 2. The maximum absolute atomic E-state index is 14.3. The van der Waals surface area contributed by atoms with Crippen LogP contribution >= 0.6 is 0 Å². The molecule has 1 unspecified atom stereocenters. The Balaban J connectivity index is 1.89. The number of nitrogens with zero attached hydrogens (tertiary/aromatic N) is 5. The summed E-state index contributed by atoms with van der Waals surface area (Å²) in [6.45, 7) is 1.49. The molecule has 160 valence electrons. The van der Waals surface area contributed by atoms with Gasteiger partial charge in [-0.1, -0.05) is 0 Å². The van der Waals surface area contributed by atoms with Gasteiger partial charge in [0.25, 0.3) is 5.91 Å². The molecule has 0 fully saturated rings. The van der Waals surface area contributed by atoms with E-state index < -0.39 is 41.0 Å². The highest BCUT2D eigenvalue weighted by Crippen LogP contribution is 2.32. The van der Waals surface area contributed by atoms with Crippen LogP contribution in [-0.4, -0.2) is 38.3 Å². The number of hydrazine groups is 1. The van der Waals surface area contributed by atoms with Gasteiger partial charge in [-0.15, -0.1) is 0 Å². The van der Waals surface area contributed by atoms with Crippen molar-refractivity contribution in [3.63, 3.8) is 0 Å². The molecule has 1 aliphatic rings. The van der Waals surface area contributed by atoms with Gasteiger partial charge in [0, 0.05) is 19.2 Å². The molecule has 0 spiro atoms. The number of alkyl halides is 3. The molecule has 1 amide bonds. The van der Waals surface area contributed by atoms with Crippen molar-refractivity contribution in [3.8, 4) is 0 Å². The van der Waals surface area contributed by atoms with Crippen LogP contribution in [0.5, 0.6) is 0 Å². The predicted molar refractivity (Wildman–Crippen MR) is 94.2 cm³/mol. The number of amides is 1. The molecule has 3 heterocycles. The number of hydrogen-bond acceptors (Lipinski definition) is 7. The third kappa shape index (κ3) is 3.87. The molecular formula is C17H16F5N7O. The summed E-state index contributed by atoms with van der Waals surface area (Å²) in [6, 6.07) is 0.0473. The van der Waals surface area contributed by atoms with E-state index in [1.165, 1.54) is 6.92 Å². The number of anilines is 1. The summed E-state index contributed by atoms with van der Waals surface area (Å²) in [4.78, 5) is 24.3. The van der Waals surface area contributed by atoms with E-state index in [4.69, 9.17) is 11.6 Å². The summed E-state index contributed by atoms with van der Waals surface area (Å²) in [5.74, 6) is 2.51. The predicted octanol–water partition coefficient (Wildman–Crippen LogP) is 1.95. The molecule has 8 nitrogen and oxygen atoms in total. The first-order valence-electron chi connectivity index (χ1n) is 8.56. The number of carbonyl (C=O) groups excluding carboxylic acids is 1. The maximum atomic E-state index is 14.3. The molecule has 2 aromatic rings. The minimum absolute atomic E-state index is 0.0198. The fourth-order valence-electron chi connectivity index (χ4n) is 3.02. The minimum Gasteiger partial charge on any atom is -0.399 e. The molecule has 3 rings (SSSR count). The van der Waals surface area contributed by atoms with Gasteiger partial charge in [0.2, 0.25) is 5.95 Å². The van der Waals surface area contributed by atoms with Crippen molar-refractivity contribution < 1.29 is 26.7 Å². The molecule has 2 aromatic heterocycles. The first-order valence-corrected chi connectivity index (χ1v) is 8.56. The summed E-state index contributed by atoms with van der Waals surface area (Å²) < 4.78 is 66.0. The van der Waals surface area contributed by atoms with E-state index in [-0.39, 0.29) is 24.6 Å². The van der Waals surface area contributed by atoms with Crippen molar-refractivity contribution >= 4 is 11.9 Å². The number of hydrogen-bond donors (Lipinski definition) is 2. The Hall–Kier alpha value is -3.35. The van der Waals surface area contributed by atoms with E-state index in [2.05, 4.69) is 15.0 Å². The van der Waals surface area contributed by atoms with Crippen LogP contribution in [0.3, 0.4) is 0 Å². The average molecular weight is 429 g/mol. The number of aromatic nitrogens is 3. The van der Waals surface area contributed by atoms with Crippen molar-refractivity contribution in [2.24, 2.45) is 11.6 Å². The lowest BCUT2D eigenvalue weighted by atomic mass is 10.0. The smallest absolute Gasteiger partial charge is 0.399 e. The molecule has 0 aliphatic carbocycles. The van der Waals surface area contributed by atoms with Gasteiger partial charge in [0.05, 0.1) is 35.4 Å². The summed E-state index contributed by atoms with van der Waals surface area (Å²) in [5.41, 5.74) is 3.98. The van der Waals surface area contributed by atoms with Crippen molar-refractivity contribution in [1.29, 1.82) is 0 Å². The second-order valence-corrected chi connectivity index (χ2v) is 6.42. The molecule has 1 aliphatic heterocycles. The van der Waals surface area contributed by atoms with Crippen LogP contribution in [0.2, 0.25) is 0 Å². The molecule has 4 N–H and O–H groups in total. The molecule has 0 aromatic carbocycles. The lowest BCUT2D eigenvalue weighted by Crippen LogP contribution is -2.49. The Kier molecular flexibility index (Phi) is 5.57. The zero-order valence-corrected chi connectivity index (χ0v) is 15.5. The van der Waals surface area contributed by atoms with Crippen LogP contribution in [0.15, 0.2) is 36.1 Å². The van der Waals surface area contributed by atoms with E-state index in [0.717, 1.165) is 28.4 Å². The topological polar surface area (TPSA) is 114 Å². The van der Waals surface area contributed by atoms with Gasteiger partial charge in [0.1, 0.15) is 0 Å². The lowest BCUT2D eigenvalue weighted by molar-refractivity contribution is -0.143. The van der Waals surface area contributed by atoms with Gasteiger partial charge >= 0.3 is 6.18 Å². The van der Waals surface area contributed by atoms with Crippen molar-refractivity contribution in [3.05, 3.63) is 58.9 Å². The van der Waals surface area contributed by atoms with Crippen molar-refractivity contribution in [2.75, 3.05) is 11.6 Å². The van der Waals surface area contributed by atoms with Crippen LogP contribution in [-0.2, 0) is 6.18 Å². The van der Waals surface area contributed by atoms with E-state index in [0.29, 0.717) is 11.9 Å². The highest BCUT2D eigenvalue weighted by molar-refractivity contribution is 5.95. The van der Waals surface area contributed by atoms with Gasteiger partial charge in [0.15, 0.2) is 17.3 Å². The highest BCUT2D eigenvalue weighted by atomic mass is 19.4. The van der Waals surface area contributed by atoms with Crippen LogP contribution in [0.4, 0.5) is 27.9 Å². The Labute approximate surface area is 167 Å². The van der Waals surface area contributed by atoms with Crippen molar-refractivity contribution in [1.82, 2.24) is 19.9 Å². The third-order valence-electron chi connectivity index (χ3n) is 4.60. The number of pyridine rings is 1. The Morgan fingerprint density at radius 1 is 1.23 bits per heavy atom. The van der Waals surface area contributed by atoms with E-state index in [9.17, 15) is 26.7 Å². The maximum Gasteiger partial charge on any atom is 0.436 e. The van der Waals surface area contributed by atoms with Gasteiger partial charge in [-0.3, -0.25) is 4.79 Å². The van der Waals surface area contributed by atoms with E-state index >= 15 is 0 Å². The molecule has 0 saturated heterocycles. The first-order chi connectivity index (χ1) is 14.0.